The first-order valence-corrected chi connectivity index (χ1v) is 8.83. The zero-order valence-corrected chi connectivity index (χ0v) is 14.8. The summed E-state index contributed by atoms with van der Waals surface area (Å²) < 4.78 is 5.39. The Morgan fingerprint density at radius 1 is 1.45 bits per heavy atom. The summed E-state index contributed by atoms with van der Waals surface area (Å²) in [7, 11) is 0. The van der Waals surface area contributed by atoms with Gasteiger partial charge >= 0.3 is 6.09 Å². The number of amides is 1. The van der Waals surface area contributed by atoms with Crippen LogP contribution in [0.3, 0.4) is 0 Å². The maximum atomic E-state index is 12.1. The fourth-order valence-electron chi connectivity index (χ4n) is 2.69. The zero-order chi connectivity index (χ0) is 16.3. The highest BCUT2D eigenvalue weighted by molar-refractivity contribution is 7.11. The van der Waals surface area contributed by atoms with E-state index < -0.39 is 11.7 Å². The summed E-state index contributed by atoms with van der Waals surface area (Å²) in [6, 6.07) is 4.24. The Balaban J connectivity index is 1.85. The maximum absolute atomic E-state index is 12.1. The maximum Gasteiger partial charge on any atom is 0.410 e. The summed E-state index contributed by atoms with van der Waals surface area (Å²) in [6.07, 6.45) is 1.89. The van der Waals surface area contributed by atoms with E-state index in [2.05, 4.69) is 19.1 Å². The van der Waals surface area contributed by atoms with Crippen LogP contribution in [0.1, 0.15) is 43.9 Å². The van der Waals surface area contributed by atoms with E-state index in [4.69, 9.17) is 4.74 Å². The van der Waals surface area contributed by atoms with Crippen molar-refractivity contribution < 1.29 is 14.6 Å². The van der Waals surface area contributed by atoms with Crippen molar-refractivity contribution in [3.63, 3.8) is 0 Å². The molecular weight excluding hydrogens is 298 g/mol. The molecule has 1 aliphatic heterocycles. The molecule has 1 aromatic rings. The number of thiophene rings is 1. The molecule has 2 rings (SSSR count). The van der Waals surface area contributed by atoms with Crippen LogP contribution in [-0.2, 0) is 17.6 Å². The number of aliphatic hydroxyl groups is 1. The highest BCUT2D eigenvalue weighted by Gasteiger charge is 2.33. The van der Waals surface area contributed by atoms with Crippen molar-refractivity contribution in [3.05, 3.63) is 21.9 Å². The molecule has 124 valence electrons. The first kappa shape index (κ1) is 17.3. The number of likely N-dealkylation sites (tertiary alicyclic amines) is 1. The Kier molecular flexibility index (Phi) is 5.50. The van der Waals surface area contributed by atoms with Crippen molar-refractivity contribution in [2.24, 2.45) is 5.92 Å². The molecule has 5 heteroatoms. The van der Waals surface area contributed by atoms with Gasteiger partial charge in [0.05, 0.1) is 6.10 Å². The summed E-state index contributed by atoms with van der Waals surface area (Å²) >= 11 is 1.77. The second-order valence-electron chi connectivity index (χ2n) is 6.97. The highest BCUT2D eigenvalue weighted by atomic mass is 32.1. The summed E-state index contributed by atoms with van der Waals surface area (Å²) in [5.74, 6) is 0.139. The minimum atomic E-state index is -0.471. The van der Waals surface area contributed by atoms with Gasteiger partial charge in [0.1, 0.15) is 5.60 Å². The molecule has 1 amide bonds. The number of aryl methyl sites for hydroxylation is 1. The number of nitrogens with zero attached hydrogens (tertiary/aromatic N) is 1. The van der Waals surface area contributed by atoms with Crippen LogP contribution in [0.2, 0.25) is 0 Å². The number of ether oxygens (including phenoxy) is 1. The summed E-state index contributed by atoms with van der Waals surface area (Å²) in [6.45, 7) is 9.01. The molecule has 0 aromatic carbocycles. The second-order valence-corrected chi connectivity index (χ2v) is 8.22. The van der Waals surface area contributed by atoms with Gasteiger partial charge < -0.3 is 14.7 Å². The molecule has 0 bridgehead atoms. The molecule has 0 aliphatic carbocycles. The average Bonchev–Trinajstić information content (AvgIpc) is 3.05. The summed E-state index contributed by atoms with van der Waals surface area (Å²) in [5.41, 5.74) is -0.471. The van der Waals surface area contributed by atoms with Crippen LogP contribution < -0.4 is 0 Å². The van der Waals surface area contributed by atoms with E-state index in [1.54, 1.807) is 16.2 Å². The van der Waals surface area contributed by atoms with Gasteiger partial charge in [-0.15, -0.1) is 11.3 Å². The van der Waals surface area contributed by atoms with Crippen LogP contribution in [-0.4, -0.2) is 40.9 Å². The molecule has 1 aliphatic rings. The highest BCUT2D eigenvalue weighted by Crippen LogP contribution is 2.26. The Labute approximate surface area is 137 Å². The van der Waals surface area contributed by atoms with Gasteiger partial charge in [0.15, 0.2) is 0 Å². The topological polar surface area (TPSA) is 49.8 Å². The molecule has 2 atom stereocenters. The van der Waals surface area contributed by atoms with Crippen molar-refractivity contribution in [2.45, 2.75) is 58.7 Å². The molecule has 1 aromatic heterocycles. The molecule has 0 radical (unpaired) electrons. The number of aliphatic hydroxyl groups excluding tert-OH is 1. The number of hydrogen-bond acceptors (Lipinski definition) is 4. The summed E-state index contributed by atoms with van der Waals surface area (Å²) in [5, 5.41) is 10.4. The third-order valence-corrected chi connectivity index (χ3v) is 5.15. The molecule has 2 heterocycles. The zero-order valence-electron chi connectivity index (χ0n) is 14.0. The van der Waals surface area contributed by atoms with Crippen LogP contribution in [0.15, 0.2) is 12.1 Å². The average molecular weight is 325 g/mol. The molecule has 1 fully saturated rings. The third-order valence-electron chi connectivity index (χ3n) is 3.90. The van der Waals surface area contributed by atoms with Crippen molar-refractivity contribution in [1.82, 2.24) is 4.90 Å². The van der Waals surface area contributed by atoms with E-state index in [1.807, 2.05) is 20.8 Å². The van der Waals surface area contributed by atoms with E-state index in [0.717, 1.165) is 12.8 Å². The largest absolute Gasteiger partial charge is 0.444 e. The predicted molar refractivity (Wildman–Crippen MR) is 89.3 cm³/mol. The smallest absolute Gasteiger partial charge is 0.410 e. The SMILES string of the molecule is CCc1ccc(CC(O)C2CCN(C(=O)OC(C)(C)C)C2)s1. The van der Waals surface area contributed by atoms with E-state index in [0.29, 0.717) is 19.5 Å². The number of carbonyl (C=O) groups excluding carboxylic acids is 1. The molecule has 4 nitrogen and oxygen atoms in total. The van der Waals surface area contributed by atoms with Gasteiger partial charge in [-0.1, -0.05) is 6.92 Å². The minimum Gasteiger partial charge on any atom is -0.444 e. The third kappa shape index (κ3) is 4.71. The van der Waals surface area contributed by atoms with Crippen molar-refractivity contribution in [1.29, 1.82) is 0 Å². The van der Waals surface area contributed by atoms with E-state index in [-0.39, 0.29) is 12.0 Å². The number of rotatable bonds is 4. The number of hydrogen-bond donors (Lipinski definition) is 1. The van der Waals surface area contributed by atoms with Gasteiger partial charge in [0.2, 0.25) is 0 Å². The van der Waals surface area contributed by atoms with Crippen molar-refractivity contribution in [3.8, 4) is 0 Å². The molecular formula is C17H27NO3S. The Morgan fingerprint density at radius 2 is 2.14 bits per heavy atom. The van der Waals surface area contributed by atoms with Gasteiger partial charge in [-0.3, -0.25) is 0 Å². The van der Waals surface area contributed by atoms with E-state index >= 15 is 0 Å². The fraction of sp³-hybridized carbons (Fsp3) is 0.706. The lowest BCUT2D eigenvalue weighted by atomic mass is 9.98. The lowest BCUT2D eigenvalue weighted by Crippen LogP contribution is -2.36. The normalized spacial score (nSPS) is 20.2. The monoisotopic (exact) mass is 325 g/mol. The van der Waals surface area contributed by atoms with Gasteiger partial charge in [-0.25, -0.2) is 4.79 Å². The van der Waals surface area contributed by atoms with E-state index in [9.17, 15) is 9.90 Å². The van der Waals surface area contributed by atoms with Crippen molar-refractivity contribution >= 4 is 17.4 Å². The van der Waals surface area contributed by atoms with Crippen molar-refractivity contribution in [2.75, 3.05) is 13.1 Å². The van der Waals surface area contributed by atoms with Crippen LogP contribution in [0.25, 0.3) is 0 Å². The Hall–Kier alpha value is -1.07. The van der Waals surface area contributed by atoms with Crippen LogP contribution in [0.5, 0.6) is 0 Å². The lowest BCUT2D eigenvalue weighted by Gasteiger charge is -2.25. The van der Waals surface area contributed by atoms with Gasteiger partial charge in [-0.05, 0) is 45.7 Å². The van der Waals surface area contributed by atoms with Crippen LogP contribution in [0, 0.1) is 5.92 Å². The Bertz CT molecular complexity index is 506. The molecule has 1 N–H and O–H groups in total. The molecule has 22 heavy (non-hydrogen) atoms. The van der Waals surface area contributed by atoms with Gasteiger partial charge in [0, 0.05) is 35.2 Å². The summed E-state index contributed by atoms with van der Waals surface area (Å²) in [4.78, 5) is 16.3. The Morgan fingerprint density at radius 3 is 2.73 bits per heavy atom. The van der Waals surface area contributed by atoms with Crippen LogP contribution in [0.4, 0.5) is 4.79 Å². The second kappa shape index (κ2) is 7.01. The van der Waals surface area contributed by atoms with Gasteiger partial charge in [-0.2, -0.15) is 0 Å². The standard InChI is InChI=1S/C17H27NO3S/c1-5-13-6-7-14(22-13)10-15(19)12-8-9-18(11-12)16(20)21-17(2,3)4/h6-7,12,15,19H,5,8-11H2,1-4H3. The van der Waals surface area contributed by atoms with Crippen LogP contribution >= 0.6 is 11.3 Å². The molecule has 1 saturated heterocycles. The first-order valence-electron chi connectivity index (χ1n) is 8.02. The molecule has 2 unspecified atom stereocenters. The fourth-order valence-corrected chi connectivity index (χ4v) is 3.70. The van der Waals surface area contributed by atoms with E-state index in [1.165, 1.54) is 9.75 Å². The lowest BCUT2D eigenvalue weighted by molar-refractivity contribution is 0.0269. The molecule has 0 saturated carbocycles. The minimum absolute atomic E-state index is 0.139. The first-order chi connectivity index (χ1) is 10.3. The molecule has 0 spiro atoms. The quantitative estimate of drug-likeness (QED) is 0.922. The number of carbonyl (C=O) groups is 1. The predicted octanol–water partition coefficient (Wildman–Crippen LogP) is 3.47. The van der Waals surface area contributed by atoms with Gasteiger partial charge in [0.25, 0.3) is 0 Å².